The fraction of sp³-hybridized carbons (Fsp3) is 0.0714. The number of halogens is 3. The van der Waals surface area contributed by atoms with Crippen molar-refractivity contribution >= 4 is 45.1 Å². The fourth-order valence-electron chi connectivity index (χ4n) is 1.61. The molecular formula is C14H9BrCl2O3. The van der Waals surface area contributed by atoms with E-state index in [9.17, 15) is 4.79 Å². The lowest BCUT2D eigenvalue weighted by Crippen LogP contribution is -2.04. The lowest BCUT2D eigenvalue weighted by atomic mass is 10.2. The van der Waals surface area contributed by atoms with E-state index in [1.807, 2.05) is 0 Å². The van der Waals surface area contributed by atoms with E-state index in [1.54, 1.807) is 30.3 Å². The van der Waals surface area contributed by atoms with Crippen molar-refractivity contribution in [2.24, 2.45) is 0 Å². The predicted molar refractivity (Wildman–Crippen MR) is 81.9 cm³/mol. The summed E-state index contributed by atoms with van der Waals surface area (Å²) in [6.45, 7) is 0.0925. The van der Waals surface area contributed by atoms with Gasteiger partial charge in [0.05, 0.1) is 0 Å². The number of carbonyl (C=O) groups is 1. The molecule has 0 atom stereocenters. The van der Waals surface area contributed by atoms with Crippen molar-refractivity contribution in [2.45, 2.75) is 6.61 Å². The fourth-order valence-corrected chi connectivity index (χ4v) is 2.46. The largest absolute Gasteiger partial charge is 0.488 e. The zero-order valence-electron chi connectivity index (χ0n) is 10.1. The van der Waals surface area contributed by atoms with E-state index >= 15 is 0 Å². The molecule has 104 valence electrons. The number of aromatic carboxylic acids is 1. The summed E-state index contributed by atoms with van der Waals surface area (Å²) in [5.41, 5.74) is 0.698. The lowest BCUT2D eigenvalue weighted by molar-refractivity contribution is 0.0691. The second-order valence-electron chi connectivity index (χ2n) is 3.93. The molecule has 2 aromatic carbocycles. The van der Waals surface area contributed by atoms with Crippen LogP contribution in [0.3, 0.4) is 0 Å². The molecule has 3 nitrogen and oxygen atoms in total. The quantitative estimate of drug-likeness (QED) is 0.814. The Hall–Kier alpha value is -1.23. The van der Waals surface area contributed by atoms with Crippen LogP contribution in [0.5, 0.6) is 5.75 Å². The first-order valence-corrected chi connectivity index (χ1v) is 7.12. The Balaban J connectivity index is 2.27. The van der Waals surface area contributed by atoms with Crippen LogP contribution in [-0.2, 0) is 6.61 Å². The Morgan fingerprint density at radius 1 is 1.20 bits per heavy atom. The summed E-state index contributed by atoms with van der Waals surface area (Å²) < 4.78 is 6.27. The van der Waals surface area contributed by atoms with E-state index in [0.29, 0.717) is 15.6 Å². The van der Waals surface area contributed by atoms with Gasteiger partial charge in [-0.2, -0.15) is 0 Å². The summed E-state index contributed by atoms with van der Waals surface area (Å²) in [5, 5.41) is 10.1. The minimum absolute atomic E-state index is 0.0800. The molecule has 0 saturated carbocycles. The molecule has 2 aromatic rings. The van der Waals surface area contributed by atoms with E-state index in [4.69, 9.17) is 33.0 Å². The Kier molecular flexibility index (Phi) is 4.91. The lowest BCUT2D eigenvalue weighted by Gasteiger charge is -2.11. The highest BCUT2D eigenvalue weighted by Crippen LogP contribution is 2.28. The molecule has 0 fully saturated rings. The maximum Gasteiger partial charge on any atom is 0.339 e. The monoisotopic (exact) mass is 374 g/mol. The Morgan fingerprint density at radius 3 is 2.45 bits per heavy atom. The van der Waals surface area contributed by atoms with E-state index < -0.39 is 5.97 Å². The molecule has 0 aliphatic heterocycles. The molecular weight excluding hydrogens is 367 g/mol. The van der Waals surface area contributed by atoms with Crippen LogP contribution in [-0.4, -0.2) is 11.1 Å². The number of rotatable bonds is 4. The van der Waals surface area contributed by atoms with Crippen LogP contribution in [0.15, 0.2) is 40.9 Å². The predicted octanol–water partition coefficient (Wildman–Crippen LogP) is 5.03. The van der Waals surface area contributed by atoms with Crippen molar-refractivity contribution in [1.82, 2.24) is 0 Å². The summed E-state index contributed by atoms with van der Waals surface area (Å²) in [6.07, 6.45) is 0. The first kappa shape index (κ1) is 15.2. The van der Waals surface area contributed by atoms with Gasteiger partial charge in [0.2, 0.25) is 0 Å². The summed E-state index contributed by atoms with van der Waals surface area (Å²) in [7, 11) is 0. The highest BCUT2D eigenvalue weighted by Gasteiger charge is 2.13. The Labute approximate surface area is 134 Å². The molecule has 0 spiro atoms. The minimum Gasteiger partial charge on any atom is -0.488 e. The standard InChI is InChI=1S/C14H9BrCl2O3/c15-8-4-5-9(14(18)19)13(6-8)20-7-10-11(16)2-1-3-12(10)17/h1-6H,7H2,(H,18,19). The molecule has 0 bridgehead atoms. The van der Waals surface area contributed by atoms with Crippen molar-refractivity contribution in [3.05, 3.63) is 62.0 Å². The van der Waals surface area contributed by atoms with Gasteiger partial charge in [-0.1, -0.05) is 45.2 Å². The molecule has 0 amide bonds. The third-order valence-corrected chi connectivity index (χ3v) is 3.81. The molecule has 0 aromatic heterocycles. The van der Waals surface area contributed by atoms with Gasteiger partial charge in [0.25, 0.3) is 0 Å². The van der Waals surface area contributed by atoms with Gasteiger partial charge in [-0.15, -0.1) is 0 Å². The van der Waals surface area contributed by atoms with Crippen LogP contribution < -0.4 is 4.74 Å². The van der Waals surface area contributed by atoms with Gasteiger partial charge < -0.3 is 9.84 Å². The number of benzene rings is 2. The van der Waals surface area contributed by atoms with Gasteiger partial charge in [-0.05, 0) is 30.3 Å². The molecule has 6 heteroatoms. The molecule has 20 heavy (non-hydrogen) atoms. The maximum atomic E-state index is 11.1. The van der Waals surface area contributed by atoms with Crippen molar-refractivity contribution < 1.29 is 14.6 Å². The normalized spacial score (nSPS) is 10.3. The third kappa shape index (κ3) is 3.45. The summed E-state index contributed by atoms with van der Waals surface area (Å²) in [4.78, 5) is 11.1. The van der Waals surface area contributed by atoms with Crippen molar-refractivity contribution in [3.8, 4) is 5.75 Å². The molecule has 0 unspecified atom stereocenters. The molecule has 2 rings (SSSR count). The van der Waals surface area contributed by atoms with E-state index in [2.05, 4.69) is 15.9 Å². The highest BCUT2D eigenvalue weighted by molar-refractivity contribution is 9.10. The molecule has 1 N–H and O–H groups in total. The number of carboxylic acid groups (broad SMARTS) is 1. The van der Waals surface area contributed by atoms with Crippen LogP contribution in [0.1, 0.15) is 15.9 Å². The van der Waals surface area contributed by atoms with Crippen molar-refractivity contribution in [3.63, 3.8) is 0 Å². The second-order valence-corrected chi connectivity index (χ2v) is 5.66. The van der Waals surface area contributed by atoms with E-state index in [0.717, 1.165) is 4.47 Å². The highest BCUT2D eigenvalue weighted by atomic mass is 79.9. The molecule has 0 saturated heterocycles. The first-order valence-electron chi connectivity index (χ1n) is 5.57. The maximum absolute atomic E-state index is 11.1. The van der Waals surface area contributed by atoms with Crippen LogP contribution in [0, 0.1) is 0 Å². The topological polar surface area (TPSA) is 46.5 Å². The van der Waals surface area contributed by atoms with E-state index in [-0.39, 0.29) is 17.9 Å². The second kappa shape index (κ2) is 6.48. The summed E-state index contributed by atoms with van der Waals surface area (Å²) in [6, 6.07) is 9.83. The van der Waals surface area contributed by atoms with E-state index in [1.165, 1.54) is 6.07 Å². The first-order chi connectivity index (χ1) is 9.49. The summed E-state index contributed by atoms with van der Waals surface area (Å²) in [5.74, 6) is -0.805. The van der Waals surface area contributed by atoms with Crippen molar-refractivity contribution in [2.75, 3.05) is 0 Å². The number of ether oxygens (including phenoxy) is 1. The van der Waals surface area contributed by atoms with Crippen LogP contribution in [0.2, 0.25) is 10.0 Å². The third-order valence-electron chi connectivity index (χ3n) is 2.61. The van der Waals surface area contributed by atoms with Crippen LogP contribution in [0.4, 0.5) is 0 Å². The zero-order chi connectivity index (χ0) is 14.7. The SMILES string of the molecule is O=C(O)c1ccc(Br)cc1OCc1c(Cl)cccc1Cl. The molecule has 0 aliphatic carbocycles. The van der Waals surface area contributed by atoms with Gasteiger partial charge in [0.15, 0.2) is 0 Å². The van der Waals surface area contributed by atoms with Crippen LogP contribution in [0.25, 0.3) is 0 Å². The van der Waals surface area contributed by atoms with Crippen LogP contribution >= 0.6 is 39.1 Å². The molecule has 0 aliphatic rings. The van der Waals surface area contributed by atoms with Gasteiger partial charge in [0, 0.05) is 20.1 Å². The number of carboxylic acids is 1. The summed E-state index contributed by atoms with van der Waals surface area (Å²) >= 11 is 15.4. The number of hydrogen-bond donors (Lipinski definition) is 1. The minimum atomic E-state index is -1.06. The Morgan fingerprint density at radius 2 is 1.85 bits per heavy atom. The number of hydrogen-bond acceptors (Lipinski definition) is 2. The molecule has 0 radical (unpaired) electrons. The Bertz CT molecular complexity index is 639. The van der Waals surface area contributed by atoms with Gasteiger partial charge in [-0.25, -0.2) is 4.79 Å². The van der Waals surface area contributed by atoms with Gasteiger partial charge in [-0.3, -0.25) is 0 Å². The zero-order valence-corrected chi connectivity index (χ0v) is 13.2. The smallest absolute Gasteiger partial charge is 0.339 e. The average molecular weight is 376 g/mol. The van der Waals surface area contributed by atoms with Gasteiger partial charge in [0.1, 0.15) is 17.9 Å². The molecule has 0 heterocycles. The van der Waals surface area contributed by atoms with Crippen molar-refractivity contribution in [1.29, 1.82) is 0 Å². The van der Waals surface area contributed by atoms with Gasteiger partial charge >= 0.3 is 5.97 Å². The average Bonchev–Trinajstić information content (AvgIpc) is 2.37.